The van der Waals surface area contributed by atoms with E-state index in [0.29, 0.717) is 12.8 Å². The minimum absolute atomic E-state index is 0.145. The van der Waals surface area contributed by atoms with Gasteiger partial charge in [-0.15, -0.1) is 0 Å². The zero-order chi connectivity index (χ0) is 44.4. The van der Waals surface area contributed by atoms with E-state index in [4.69, 9.17) is 9.47 Å². The van der Waals surface area contributed by atoms with Crippen molar-refractivity contribution in [2.24, 2.45) is 0 Å². The molecule has 1 rings (SSSR count). The van der Waals surface area contributed by atoms with Crippen LogP contribution in [-0.2, 0) is 14.3 Å². The number of hydrogen-bond donors (Lipinski definition) is 6. The monoisotopic (exact) mass is 868 g/mol. The Hall–Kier alpha value is -1.07. The fourth-order valence-corrected chi connectivity index (χ4v) is 8.63. The second-order valence-electron chi connectivity index (χ2n) is 18.7. The number of aliphatic hydroxyl groups excluding tert-OH is 5. The lowest BCUT2D eigenvalue weighted by Gasteiger charge is -2.40. The van der Waals surface area contributed by atoms with E-state index < -0.39 is 49.5 Å². The number of allylic oxidation sites excluding steroid dienone is 2. The zero-order valence-electron chi connectivity index (χ0n) is 39.9. The van der Waals surface area contributed by atoms with E-state index in [1.165, 1.54) is 186 Å². The predicted molar refractivity (Wildman–Crippen MR) is 254 cm³/mol. The SMILES string of the molecule is CCCCCCCCCCCCC/C=C/CCCC[C@@H](O)[C@H](CO[C@H]1O[C@@H](CO)[C@H](O)C(O)C1O)NC(=O)CCCCCCCCCCCCCCCCCCCCCCC. The van der Waals surface area contributed by atoms with Gasteiger partial charge in [0.15, 0.2) is 6.29 Å². The molecule has 9 heteroatoms. The van der Waals surface area contributed by atoms with Crippen molar-refractivity contribution in [2.75, 3.05) is 13.2 Å². The molecule has 2 unspecified atom stereocenters. The average Bonchev–Trinajstić information content (AvgIpc) is 3.26. The number of amides is 1. The van der Waals surface area contributed by atoms with Gasteiger partial charge in [0.05, 0.1) is 25.4 Å². The summed E-state index contributed by atoms with van der Waals surface area (Å²) in [5, 5.41) is 54.5. The number of carbonyl (C=O) groups is 1. The number of unbranched alkanes of at least 4 members (excludes halogenated alkanes) is 33. The molecule has 0 aromatic carbocycles. The molecule has 1 fully saturated rings. The summed E-state index contributed by atoms with van der Waals surface area (Å²) in [7, 11) is 0. The Morgan fingerprint density at radius 1 is 0.541 bits per heavy atom. The molecular formula is C52H101NO8. The van der Waals surface area contributed by atoms with Crippen molar-refractivity contribution >= 4 is 5.91 Å². The van der Waals surface area contributed by atoms with E-state index in [-0.39, 0.29) is 12.5 Å². The summed E-state index contributed by atoms with van der Waals surface area (Å²) in [6.45, 7) is 3.85. The Balaban J connectivity index is 2.25. The van der Waals surface area contributed by atoms with Crippen LogP contribution < -0.4 is 5.32 Å². The fraction of sp³-hybridized carbons (Fsp3) is 0.942. The van der Waals surface area contributed by atoms with Crippen LogP contribution in [0.4, 0.5) is 0 Å². The molecule has 6 N–H and O–H groups in total. The highest BCUT2D eigenvalue weighted by Crippen LogP contribution is 2.23. The molecule has 0 aliphatic carbocycles. The summed E-state index contributed by atoms with van der Waals surface area (Å²) in [5.41, 5.74) is 0. The summed E-state index contributed by atoms with van der Waals surface area (Å²) in [6.07, 6.45) is 43.7. The summed E-state index contributed by atoms with van der Waals surface area (Å²) in [4.78, 5) is 13.0. The van der Waals surface area contributed by atoms with Gasteiger partial charge in [-0.1, -0.05) is 225 Å². The largest absolute Gasteiger partial charge is 0.394 e. The lowest BCUT2D eigenvalue weighted by molar-refractivity contribution is -0.302. The maximum absolute atomic E-state index is 13.0. The lowest BCUT2D eigenvalue weighted by Crippen LogP contribution is -2.60. The maximum Gasteiger partial charge on any atom is 0.220 e. The van der Waals surface area contributed by atoms with Crippen LogP contribution >= 0.6 is 0 Å². The highest BCUT2D eigenvalue weighted by Gasteiger charge is 2.44. The molecule has 1 aliphatic heterocycles. The molecule has 61 heavy (non-hydrogen) atoms. The number of aliphatic hydroxyl groups is 5. The highest BCUT2D eigenvalue weighted by molar-refractivity contribution is 5.76. The van der Waals surface area contributed by atoms with Gasteiger partial charge < -0.3 is 40.3 Å². The standard InChI is InChI=1S/C52H101NO8/c1-3-5-7-9-11-13-15-17-19-21-22-23-24-26-28-30-32-34-36-38-40-42-48(56)53-45(44-60-52-51(59)50(58)49(57)47(43-54)61-52)46(55)41-39-37-35-33-31-29-27-25-20-18-16-14-12-10-8-6-4-2/h31,33,45-47,49-52,54-55,57-59H,3-30,32,34-44H2,1-2H3,(H,53,56)/b33-31+/t45-,46+,47-,49-,50?,51?,52-/m0/s1. The molecule has 0 aromatic rings. The average molecular weight is 868 g/mol. The van der Waals surface area contributed by atoms with Crippen molar-refractivity contribution in [1.82, 2.24) is 5.32 Å². The summed E-state index contributed by atoms with van der Waals surface area (Å²) < 4.78 is 11.3. The minimum atomic E-state index is -1.55. The molecule has 0 bridgehead atoms. The van der Waals surface area contributed by atoms with Gasteiger partial charge in [0, 0.05) is 6.42 Å². The van der Waals surface area contributed by atoms with Crippen molar-refractivity contribution < 1.29 is 39.8 Å². The van der Waals surface area contributed by atoms with E-state index in [1.54, 1.807) is 0 Å². The number of nitrogens with one attached hydrogen (secondary N) is 1. The van der Waals surface area contributed by atoms with Crippen LogP contribution in [0.3, 0.4) is 0 Å². The van der Waals surface area contributed by atoms with Crippen LogP contribution in [0.1, 0.15) is 258 Å². The van der Waals surface area contributed by atoms with Crippen LogP contribution in [0.15, 0.2) is 12.2 Å². The first kappa shape index (κ1) is 57.9. The topological polar surface area (TPSA) is 149 Å². The van der Waals surface area contributed by atoms with Crippen LogP contribution in [0.2, 0.25) is 0 Å². The summed E-state index contributed by atoms with van der Waals surface area (Å²) >= 11 is 0. The second-order valence-corrected chi connectivity index (χ2v) is 18.7. The first-order valence-corrected chi connectivity index (χ1v) is 26.4. The molecule has 0 radical (unpaired) electrons. The third-order valence-electron chi connectivity index (χ3n) is 12.9. The summed E-state index contributed by atoms with van der Waals surface area (Å²) in [6, 6.07) is -0.730. The van der Waals surface area contributed by atoms with Crippen LogP contribution in [0, 0.1) is 0 Å². The molecular weight excluding hydrogens is 767 g/mol. The quantitative estimate of drug-likeness (QED) is 0.0262. The van der Waals surface area contributed by atoms with Crippen molar-refractivity contribution in [3.63, 3.8) is 0 Å². The Morgan fingerprint density at radius 3 is 1.33 bits per heavy atom. The number of rotatable bonds is 45. The highest BCUT2D eigenvalue weighted by atomic mass is 16.7. The summed E-state index contributed by atoms with van der Waals surface area (Å²) in [5.74, 6) is -0.149. The van der Waals surface area contributed by atoms with Crippen LogP contribution in [0.5, 0.6) is 0 Å². The van der Waals surface area contributed by atoms with Gasteiger partial charge in [-0.2, -0.15) is 0 Å². The van der Waals surface area contributed by atoms with Gasteiger partial charge in [-0.05, 0) is 38.5 Å². The van der Waals surface area contributed by atoms with Gasteiger partial charge in [0.1, 0.15) is 24.4 Å². The van der Waals surface area contributed by atoms with E-state index in [0.717, 1.165) is 44.9 Å². The first-order chi connectivity index (χ1) is 29.8. The fourth-order valence-electron chi connectivity index (χ4n) is 8.63. The maximum atomic E-state index is 13.0. The Labute approximate surface area is 376 Å². The van der Waals surface area contributed by atoms with Crippen LogP contribution in [-0.4, -0.2) is 87.5 Å². The first-order valence-electron chi connectivity index (χ1n) is 26.4. The van der Waals surface area contributed by atoms with Gasteiger partial charge in [-0.3, -0.25) is 4.79 Å². The van der Waals surface area contributed by atoms with E-state index in [9.17, 15) is 30.3 Å². The minimum Gasteiger partial charge on any atom is -0.394 e. The van der Waals surface area contributed by atoms with Crippen molar-refractivity contribution in [3.05, 3.63) is 12.2 Å². The molecule has 1 heterocycles. The molecule has 9 nitrogen and oxygen atoms in total. The molecule has 0 aromatic heterocycles. The Morgan fingerprint density at radius 2 is 0.918 bits per heavy atom. The molecule has 7 atom stereocenters. The smallest absolute Gasteiger partial charge is 0.220 e. The molecule has 362 valence electrons. The van der Waals surface area contributed by atoms with Gasteiger partial charge in [-0.25, -0.2) is 0 Å². The normalized spacial score (nSPS) is 20.4. The number of carbonyl (C=O) groups excluding carboxylic acids is 1. The zero-order valence-corrected chi connectivity index (χ0v) is 39.9. The molecule has 0 saturated carbocycles. The third-order valence-corrected chi connectivity index (χ3v) is 12.9. The van der Waals surface area contributed by atoms with Crippen molar-refractivity contribution in [2.45, 2.75) is 301 Å². The lowest BCUT2D eigenvalue weighted by atomic mass is 9.99. The van der Waals surface area contributed by atoms with Crippen LogP contribution in [0.25, 0.3) is 0 Å². The van der Waals surface area contributed by atoms with Crippen molar-refractivity contribution in [1.29, 1.82) is 0 Å². The third kappa shape index (κ3) is 33.1. The van der Waals surface area contributed by atoms with Gasteiger partial charge in [0.25, 0.3) is 0 Å². The Bertz CT molecular complexity index is 966. The molecule has 1 aliphatic rings. The van der Waals surface area contributed by atoms with E-state index in [1.807, 2.05) is 0 Å². The van der Waals surface area contributed by atoms with Crippen molar-refractivity contribution in [3.8, 4) is 0 Å². The van der Waals surface area contributed by atoms with Gasteiger partial charge in [0.2, 0.25) is 5.91 Å². The number of ether oxygens (including phenoxy) is 2. The molecule has 1 amide bonds. The molecule has 0 spiro atoms. The van der Waals surface area contributed by atoms with E-state index >= 15 is 0 Å². The molecule has 1 saturated heterocycles. The Kier molecular flexibility index (Phi) is 40.7. The predicted octanol–water partition coefficient (Wildman–Crippen LogP) is 12.1. The van der Waals surface area contributed by atoms with E-state index in [2.05, 4.69) is 31.3 Å². The van der Waals surface area contributed by atoms with Gasteiger partial charge >= 0.3 is 0 Å². The second kappa shape index (κ2) is 42.9. The number of hydrogen-bond acceptors (Lipinski definition) is 8.